The van der Waals surface area contributed by atoms with Gasteiger partial charge in [0.2, 0.25) is 5.91 Å². The Morgan fingerprint density at radius 2 is 2.10 bits per heavy atom. The minimum atomic E-state index is -0.141. The van der Waals surface area contributed by atoms with Gasteiger partial charge in [-0.3, -0.25) is 9.59 Å². The molecule has 0 aliphatic carbocycles. The smallest absolute Gasteiger partial charge is 0.251 e. The number of carbonyl (C=O) groups is 2. The topological polar surface area (TPSA) is 70.2 Å². The lowest BCUT2D eigenvalue weighted by Crippen LogP contribution is -2.37. The minimum Gasteiger partial charge on any atom is -0.355 e. The maximum atomic E-state index is 12.2. The van der Waals surface area contributed by atoms with Crippen LogP contribution < -0.4 is 16.0 Å². The highest BCUT2D eigenvalue weighted by atomic mass is 35.5. The molecule has 1 aromatic carbocycles. The van der Waals surface area contributed by atoms with Crippen LogP contribution >= 0.6 is 12.4 Å². The quantitative estimate of drug-likeness (QED) is 0.796. The molecule has 1 fully saturated rings. The molecule has 116 valence electrons. The maximum Gasteiger partial charge on any atom is 0.251 e. The summed E-state index contributed by atoms with van der Waals surface area (Å²) in [7, 11) is 1.60. The van der Waals surface area contributed by atoms with Crippen LogP contribution in [0.1, 0.15) is 28.8 Å². The van der Waals surface area contributed by atoms with E-state index in [-0.39, 0.29) is 30.1 Å². The van der Waals surface area contributed by atoms with E-state index in [1.165, 1.54) is 0 Å². The molecule has 2 rings (SSSR count). The van der Waals surface area contributed by atoms with Crippen LogP contribution in [0.5, 0.6) is 0 Å². The molecule has 0 radical (unpaired) electrons. The molecule has 1 aliphatic heterocycles. The van der Waals surface area contributed by atoms with Gasteiger partial charge in [-0.25, -0.2) is 0 Å². The second kappa shape index (κ2) is 8.00. The van der Waals surface area contributed by atoms with Crippen molar-refractivity contribution in [1.82, 2.24) is 10.6 Å². The first kappa shape index (κ1) is 17.5. The lowest BCUT2D eigenvalue weighted by molar-refractivity contribution is -0.120. The zero-order valence-corrected chi connectivity index (χ0v) is 13.2. The van der Waals surface area contributed by atoms with Crippen LogP contribution in [0.2, 0.25) is 0 Å². The molecular weight excluding hydrogens is 290 g/mol. The first-order valence-corrected chi connectivity index (χ1v) is 6.96. The van der Waals surface area contributed by atoms with Crippen LogP contribution in [0.3, 0.4) is 0 Å². The Morgan fingerprint density at radius 3 is 2.71 bits per heavy atom. The first-order chi connectivity index (χ1) is 9.63. The van der Waals surface area contributed by atoms with Crippen molar-refractivity contribution < 1.29 is 9.59 Å². The Kier molecular flexibility index (Phi) is 6.65. The van der Waals surface area contributed by atoms with Crippen molar-refractivity contribution in [3.05, 3.63) is 29.3 Å². The normalized spacial score (nSPS) is 17.5. The molecule has 2 amide bonds. The molecule has 1 saturated heterocycles. The number of anilines is 1. The third kappa shape index (κ3) is 4.19. The maximum absolute atomic E-state index is 12.2. The van der Waals surface area contributed by atoms with Crippen molar-refractivity contribution >= 4 is 29.9 Å². The average molecular weight is 312 g/mol. The molecule has 1 atom stereocenters. The molecule has 0 aromatic heterocycles. The molecule has 5 nitrogen and oxygen atoms in total. The fourth-order valence-corrected chi connectivity index (χ4v) is 2.46. The summed E-state index contributed by atoms with van der Waals surface area (Å²) in [4.78, 5) is 24.0. The summed E-state index contributed by atoms with van der Waals surface area (Å²) in [6.07, 6.45) is 1.93. The molecule has 0 unspecified atom stereocenters. The van der Waals surface area contributed by atoms with E-state index in [1.807, 2.05) is 13.0 Å². The Morgan fingerprint density at radius 1 is 1.33 bits per heavy atom. The molecule has 3 N–H and O–H groups in total. The predicted octanol–water partition coefficient (Wildman–Crippen LogP) is 1.71. The Balaban J connectivity index is 0.00000220. The van der Waals surface area contributed by atoms with E-state index >= 15 is 0 Å². The summed E-state index contributed by atoms with van der Waals surface area (Å²) >= 11 is 0. The highest BCUT2D eigenvalue weighted by molar-refractivity contribution is 5.99. The number of rotatable bonds is 3. The van der Waals surface area contributed by atoms with E-state index in [0.29, 0.717) is 11.3 Å². The van der Waals surface area contributed by atoms with Crippen LogP contribution in [0.25, 0.3) is 0 Å². The number of hydrogen-bond acceptors (Lipinski definition) is 3. The SMILES string of the molecule is CNC(=O)c1cccc(NC(=O)[C@@H]2CCCNC2)c1C.Cl. The summed E-state index contributed by atoms with van der Waals surface area (Å²) in [6, 6.07) is 5.37. The van der Waals surface area contributed by atoms with Crippen LogP contribution in [-0.4, -0.2) is 32.0 Å². The summed E-state index contributed by atoms with van der Waals surface area (Å²) in [5.74, 6) is -0.112. The first-order valence-electron chi connectivity index (χ1n) is 6.96. The molecule has 1 aromatic rings. The largest absolute Gasteiger partial charge is 0.355 e. The number of halogens is 1. The van der Waals surface area contributed by atoms with E-state index in [9.17, 15) is 9.59 Å². The van der Waals surface area contributed by atoms with Crippen molar-refractivity contribution in [1.29, 1.82) is 0 Å². The molecule has 1 heterocycles. The Labute approximate surface area is 131 Å². The summed E-state index contributed by atoms with van der Waals surface area (Å²) < 4.78 is 0. The molecule has 21 heavy (non-hydrogen) atoms. The fourth-order valence-electron chi connectivity index (χ4n) is 2.46. The molecule has 0 bridgehead atoms. The third-order valence-electron chi connectivity index (χ3n) is 3.73. The summed E-state index contributed by atoms with van der Waals surface area (Å²) in [5, 5.41) is 8.77. The summed E-state index contributed by atoms with van der Waals surface area (Å²) in [5.41, 5.74) is 2.10. The van der Waals surface area contributed by atoms with Gasteiger partial charge in [-0.1, -0.05) is 6.07 Å². The Bertz CT molecular complexity index is 514. The third-order valence-corrected chi connectivity index (χ3v) is 3.73. The standard InChI is InChI=1S/C15H21N3O2.ClH/c1-10-12(15(20)16-2)6-3-7-13(10)18-14(19)11-5-4-8-17-9-11;/h3,6-7,11,17H,4-5,8-9H2,1-2H3,(H,16,20)(H,18,19);1H/t11-;/m1./s1. The van der Waals surface area contributed by atoms with Crippen molar-refractivity contribution in [3.8, 4) is 0 Å². The highest BCUT2D eigenvalue weighted by Gasteiger charge is 2.21. The number of carbonyl (C=O) groups excluding carboxylic acids is 2. The fraction of sp³-hybridized carbons (Fsp3) is 0.467. The van der Waals surface area contributed by atoms with Gasteiger partial charge in [0.1, 0.15) is 0 Å². The zero-order valence-electron chi connectivity index (χ0n) is 12.4. The van der Waals surface area contributed by atoms with Gasteiger partial charge in [-0.05, 0) is 44.0 Å². The average Bonchev–Trinajstić information content (AvgIpc) is 2.49. The lowest BCUT2D eigenvalue weighted by atomic mass is 9.98. The monoisotopic (exact) mass is 311 g/mol. The van der Waals surface area contributed by atoms with Crippen molar-refractivity contribution in [2.24, 2.45) is 5.92 Å². The molecular formula is C15H22ClN3O2. The van der Waals surface area contributed by atoms with E-state index < -0.39 is 0 Å². The molecule has 0 saturated carbocycles. The van der Waals surface area contributed by atoms with Crippen LogP contribution in [0.15, 0.2) is 18.2 Å². The van der Waals surface area contributed by atoms with Gasteiger partial charge in [-0.2, -0.15) is 0 Å². The van der Waals surface area contributed by atoms with Crippen molar-refractivity contribution in [2.75, 3.05) is 25.5 Å². The predicted molar refractivity (Wildman–Crippen MR) is 86.0 cm³/mol. The van der Waals surface area contributed by atoms with Crippen LogP contribution in [-0.2, 0) is 4.79 Å². The zero-order chi connectivity index (χ0) is 14.5. The molecule has 1 aliphatic rings. The van der Waals surface area contributed by atoms with Gasteiger partial charge in [0.25, 0.3) is 5.91 Å². The molecule has 0 spiro atoms. The number of amides is 2. The van der Waals surface area contributed by atoms with Crippen LogP contribution in [0.4, 0.5) is 5.69 Å². The van der Waals surface area contributed by atoms with Gasteiger partial charge in [-0.15, -0.1) is 12.4 Å². The number of nitrogens with one attached hydrogen (secondary N) is 3. The van der Waals surface area contributed by atoms with E-state index in [0.717, 1.165) is 31.5 Å². The second-order valence-corrected chi connectivity index (χ2v) is 5.09. The van der Waals surface area contributed by atoms with E-state index in [2.05, 4.69) is 16.0 Å². The molecule has 6 heteroatoms. The highest BCUT2D eigenvalue weighted by Crippen LogP contribution is 2.21. The Hall–Kier alpha value is -1.59. The summed E-state index contributed by atoms with van der Waals surface area (Å²) in [6.45, 7) is 3.55. The number of benzene rings is 1. The van der Waals surface area contributed by atoms with Crippen molar-refractivity contribution in [3.63, 3.8) is 0 Å². The van der Waals surface area contributed by atoms with Gasteiger partial charge >= 0.3 is 0 Å². The van der Waals surface area contributed by atoms with E-state index in [1.54, 1.807) is 19.2 Å². The number of hydrogen-bond donors (Lipinski definition) is 3. The number of piperidine rings is 1. The second-order valence-electron chi connectivity index (χ2n) is 5.09. The van der Waals surface area contributed by atoms with Gasteiger partial charge in [0.05, 0.1) is 5.92 Å². The van der Waals surface area contributed by atoms with Crippen molar-refractivity contribution in [2.45, 2.75) is 19.8 Å². The van der Waals surface area contributed by atoms with Crippen LogP contribution in [0, 0.1) is 12.8 Å². The van der Waals surface area contributed by atoms with Gasteiger partial charge in [0.15, 0.2) is 0 Å². The lowest BCUT2D eigenvalue weighted by Gasteiger charge is -2.22. The van der Waals surface area contributed by atoms with Gasteiger partial charge in [0, 0.05) is 24.8 Å². The minimum absolute atomic E-state index is 0. The van der Waals surface area contributed by atoms with Gasteiger partial charge < -0.3 is 16.0 Å². The van der Waals surface area contributed by atoms with E-state index in [4.69, 9.17) is 0 Å².